The molecule has 33 heavy (non-hydrogen) atoms. The van der Waals surface area contributed by atoms with Crippen molar-refractivity contribution in [1.82, 2.24) is 25.0 Å². The van der Waals surface area contributed by atoms with Gasteiger partial charge in [0.15, 0.2) is 0 Å². The smallest absolute Gasteiger partial charge is 0.256 e. The minimum atomic E-state index is -0.471. The fraction of sp³-hybridized carbons (Fsp3) is 0.480. The van der Waals surface area contributed by atoms with Crippen LogP contribution in [0.2, 0.25) is 0 Å². The summed E-state index contributed by atoms with van der Waals surface area (Å²) in [6.07, 6.45) is 3.85. The monoisotopic (exact) mass is 451 g/mol. The molecule has 1 aromatic heterocycles. The lowest BCUT2D eigenvalue weighted by molar-refractivity contribution is -0.135. The Bertz CT molecular complexity index is 905. The van der Waals surface area contributed by atoms with Crippen LogP contribution in [0.1, 0.15) is 22.3 Å². The summed E-state index contributed by atoms with van der Waals surface area (Å²) in [6.45, 7) is 5.50. The van der Waals surface area contributed by atoms with E-state index in [1.165, 1.54) is 5.56 Å². The molecular formula is C25H33N5O3. The number of nitrogens with zero attached hydrogens (tertiary/aromatic N) is 4. The summed E-state index contributed by atoms with van der Waals surface area (Å²) in [7, 11) is 1.70. The molecule has 176 valence electrons. The molecule has 2 aliphatic rings. The van der Waals surface area contributed by atoms with Crippen LogP contribution in [-0.2, 0) is 16.1 Å². The predicted octanol–water partition coefficient (Wildman–Crippen LogP) is 1.25. The first kappa shape index (κ1) is 23.4. The van der Waals surface area contributed by atoms with E-state index in [2.05, 4.69) is 27.3 Å². The zero-order valence-corrected chi connectivity index (χ0v) is 19.2. The first-order valence-electron chi connectivity index (χ1n) is 11.6. The largest absolute Gasteiger partial charge is 0.383 e. The number of rotatable bonds is 8. The number of piperazine rings is 1. The van der Waals surface area contributed by atoms with Gasteiger partial charge in [-0.15, -0.1) is 0 Å². The maximum absolute atomic E-state index is 13.5. The molecule has 2 aliphatic heterocycles. The van der Waals surface area contributed by atoms with Crippen LogP contribution in [0.25, 0.3) is 0 Å². The number of pyridine rings is 1. The normalized spacial score (nSPS) is 20.9. The van der Waals surface area contributed by atoms with E-state index < -0.39 is 6.04 Å². The molecule has 0 saturated carbocycles. The molecule has 1 aromatic carbocycles. The summed E-state index contributed by atoms with van der Waals surface area (Å²) in [5.74, 6) is -0.0897. The Kier molecular flexibility index (Phi) is 8.04. The van der Waals surface area contributed by atoms with Crippen molar-refractivity contribution >= 4 is 11.8 Å². The van der Waals surface area contributed by atoms with Crippen LogP contribution in [0.4, 0.5) is 0 Å². The Balaban J connectivity index is 1.57. The van der Waals surface area contributed by atoms with Crippen LogP contribution in [0.5, 0.6) is 0 Å². The van der Waals surface area contributed by atoms with Gasteiger partial charge < -0.3 is 19.9 Å². The standard InChI is InChI=1S/C25H33N5O3/c1-33-15-14-29(18-20-6-3-2-4-7-20)22-16-23(25(32)28-12-10-26-11-13-28)30(19-22)24(31)21-8-5-9-27-17-21/h2-9,17,22-23,26H,10-16,18-19H2,1H3. The number of aromatic nitrogens is 1. The van der Waals surface area contributed by atoms with Gasteiger partial charge >= 0.3 is 0 Å². The second-order valence-electron chi connectivity index (χ2n) is 8.63. The lowest BCUT2D eigenvalue weighted by Gasteiger charge is -2.32. The van der Waals surface area contributed by atoms with Gasteiger partial charge in [0, 0.05) is 71.4 Å². The number of hydrogen-bond donors (Lipinski definition) is 1. The third-order valence-electron chi connectivity index (χ3n) is 6.49. The lowest BCUT2D eigenvalue weighted by atomic mass is 10.1. The number of carbonyl (C=O) groups excluding carboxylic acids is 2. The van der Waals surface area contributed by atoms with Crippen LogP contribution in [-0.4, -0.2) is 96.6 Å². The summed E-state index contributed by atoms with van der Waals surface area (Å²) in [6, 6.07) is 13.4. The highest BCUT2D eigenvalue weighted by molar-refractivity contribution is 5.97. The van der Waals surface area contributed by atoms with Gasteiger partial charge in [-0.3, -0.25) is 19.5 Å². The molecule has 0 aliphatic carbocycles. The molecule has 2 fully saturated rings. The van der Waals surface area contributed by atoms with Gasteiger partial charge in [0.25, 0.3) is 5.91 Å². The molecule has 0 spiro atoms. The average Bonchev–Trinajstić information content (AvgIpc) is 3.32. The average molecular weight is 452 g/mol. The number of carbonyl (C=O) groups is 2. The second-order valence-corrected chi connectivity index (χ2v) is 8.63. The Morgan fingerprint density at radius 1 is 1.15 bits per heavy atom. The van der Waals surface area contributed by atoms with Crippen LogP contribution < -0.4 is 5.32 Å². The lowest BCUT2D eigenvalue weighted by Crippen LogP contribution is -2.53. The number of hydrogen-bond acceptors (Lipinski definition) is 6. The molecule has 4 rings (SSSR count). The van der Waals surface area contributed by atoms with E-state index in [0.717, 1.165) is 26.2 Å². The maximum Gasteiger partial charge on any atom is 0.256 e. The summed E-state index contributed by atoms with van der Waals surface area (Å²) >= 11 is 0. The van der Waals surface area contributed by atoms with Crippen LogP contribution >= 0.6 is 0 Å². The highest BCUT2D eigenvalue weighted by Crippen LogP contribution is 2.27. The minimum Gasteiger partial charge on any atom is -0.383 e. The molecule has 2 amide bonds. The molecule has 8 heteroatoms. The van der Waals surface area contributed by atoms with E-state index in [1.807, 2.05) is 23.1 Å². The first-order valence-corrected chi connectivity index (χ1v) is 11.6. The van der Waals surface area contributed by atoms with Crippen molar-refractivity contribution < 1.29 is 14.3 Å². The van der Waals surface area contributed by atoms with E-state index in [0.29, 0.717) is 38.2 Å². The fourth-order valence-corrected chi connectivity index (χ4v) is 4.71. The molecule has 0 bridgehead atoms. The topological polar surface area (TPSA) is 78.0 Å². The maximum atomic E-state index is 13.5. The number of benzene rings is 1. The first-order chi connectivity index (χ1) is 16.2. The van der Waals surface area contributed by atoms with Crippen molar-refractivity contribution in [2.75, 3.05) is 53.0 Å². The molecule has 2 unspecified atom stereocenters. The summed E-state index contributed by atoms with van der Waals surface area (Å²) in [4.78, 5) is 37.1. The third kappa shape index (κ3) is 5.76. The molecule has 1 N–H and O–H groups in total. The van der Waals surface area contributed by atoms with Gasteiger partial charge in [-0.05, 0) is 24.1 Å². The number of ether oxygens (including phenoxy) is 1. The van der Waals surface area contributed by atoms with E-state index >= 15 is 0 Å². The van der Waals surface area contributed by atoms with Crippen molar-refractivity contribution in [3.05, 3.63) is 66.0 Å². The minimum absolute atomic E-state index is 0.0441. The summed E-state index contributed by atoms with van der Waals surface area (Å²) in [5.41, 5.74) is 1.72. The zero-order chi connectivity index (χ0) is 23.0. The Hall–Kier alpha value is -2.81. The Labute approximate surface area is 195 Å². The quantitative estimate of drug-likeness (QED) is 0.651. The van der Waals surface area contributed by atoms with Crippen LogP contribution in [0.15, 0.2) is 54.9 Å². The molecule has 3 heterocycles. The zero-order valence-electron chi connectivity index (χ0n) is 19.2. The van der Waals surface area contributed by atoms with E-state index in [-0.39, 0.29) is 17.9 Å². The molecular weight excluding hydrogens is 418 g/mol. The van der Waals surface area contributed by atoms with Gasteiger partial charge in [-0.25, -0.2) is 0 Å². The molecule has 8 nitrogen and oxygen atoms in total. The van der Waals surface area contributed by atoms with Crippen LogP contribution in [0.3, 0.4) is 0 Å². The summed E-state index contributed by atoms with van der Waals surface area (Å²) in [5, 5.41) is 3.29. The number of likely N-dealkylation sites (tertiary alicyclic amines) is 1. The number of methoxy groups -OCH3 is 1. The fourth-order valence-electron chi connectivity index (χ4n) is 4.71. The number of nitrogens with one attached hydrogen (secondary N) is 1. The van der Waals surface area contributed by atoms with Gasteiger partial charge in [0.1, 0.15) is 6.04 Å². The molecule has 2 aromatic rings. The van der Waals surface area contributed by atoms with Crippen LogP contribution in [0, 0.1) is 0 Å². The van der Waals surface area contributed by atoms with E-state index in [9.17, 15) is 9.59 Å². The predicted molar refractivity (Wildman–Crippen MR) is 126 cm³/mol. The van der Waals surface area contributed by atoms with Gasteiger partial charge in [-0.1, -0.05) is 30.3 Å². The molecule has 2 saturated heterocycles. The third-order valence-corrected chi connectivity index (χ3v) is 6.49. The van der Waals surface area contributed by atoms with Crippen molar-refractivity contribution in [3.63, 3.8) is 0 Å². The highest BCUT2D eigenvalue weighted by atomic mass is 16.5. The summed E-state index contributed by atoms with van der Waals surface area (Å²) < 4.78 is 5.37. The van der Waals surface area contributed by atoms with Gasteiger partial charge in [-0.2, -0.15) is 0 Å². The van der Waals surface area contributed by atoms with Crippen molar-refractivity contribution in [2.24, 2.45) is 0 Å². The van der Waals surface area contributed by atoms with Gasteiger partial charge in [0.2, 0.25) is 5.91 Å². The van der Waals surface area contributed by atoms with Crippen molar-refractivity contribution in [2.45, 2.75) is 25.0 Å². The molecule has 0 radical (unpaired) electrons. The SMILES string of the molecule is COCCN(Cc1ccccc1)C1CC(C(=O)N2CCNCC2)N(C(=O)c2cccnc2)C1. The second kappa shape index (κ2) is 11.4. The molecule has 2 atom stereocenters. The van der Waals surface area contributed by atoms with Gasteiger partial charge in [0.05, 0.1) is 12.2 Å². The highest BCUT2D eigenvalue weighted by Gasteiger charge is 2.43. The van der Waals surface area contributed by atoms with E-state index in [4.69, 9.17) is 4.74 Å². The van der Waals surface area contributed by atoms with E-state index in [1.54, 1.807) is 36.5 Å². The van der Waals surface area contributed by atoms with Crippen molar-refractivity contribution in [3.8, 4) is 0 Å². The Morgan fingerprint density at radius 3 is 2.64 bits per heavy atom. The number of amides is 2. The van der Waals surface area contributed by atoms with Crippen molar-refractivity contribution in [1.29, 1.82) is 0 Å². The Morgan fingerprint density at radius 2 is 1.94 bits per heavy atom.